The molecule has 5 nitrogen and oxygen atoms in total. The van der Waals surface area contributed by atoms with Crippen molar-refractivity contribution < 1.29 is 9.90 Å². The zero-order valence-electron chi connectivity index (χ0n) is 7.54. The first-order valence-electron chi connectivity index (χ1n) is 4.12. The maximum absolute atomic E-state index is 10.7. The molecule has 76 valence electrons. The normalized spacial score (nSPS) is 9.87. The molecule has 2 N–H and O–H groups in total. The fraction of sp³-hybridized carbons (Fsp3) is 0. The molecule has 0 aliphatic carbocycles. The summed E-state index contributed by atoms with van der Waals surface area (Å²) in [5.74, 6) is -0.948. The highest BCUT2D eigenvalue weighted by atomic mass is 32.1. The molecule has 0 amide bonds. The second-order valence-corrected chi connectivity index (χ2v) is 3.59. The van der Waals surface area contributed by atoms with Crippen LogP contribution in [0, 0.1) is 0 Å². The van der Waals surface area contributed by atoms with Crippen LogP contribution in [0.25, 0.3) is 0 Å². The van der Waals surface area contributed by atoms with Gasteiger partial charge in [-0.15, -0.1) is 10.2 Å². The van der Waals surface area contributed by atoms with Crippen LogP contribution in [0.1, 0.15) is 10.4 Å². The van der Waals surface area contributed by atoms with Gasteiger partial charge in [-0.1, -0.05) is 17.4 Å². The summed E-state index contributed by atoms with van der Waals surface area (Å²) < 4.78 is 0. The lowest BCUT2D eigenvalue weighted by Gasteiger charge is -2.02. The third kappa shape index (κ3) is 2.29. The standard InChI is InChI=1S/C9H7N3O2S/c13-8(14)6-2-1-3-7(4-6)11-9-12-10-5-15-9/h1-5H,(H,11,12)(H,13,14). The van der Waals surface area contributed by atoms with Gasteiger partial charge in [0, 0.05) is 5.69 Å². The summed E-state index contributed by atoms with van der Waals surface area (Å²) in [7, 11) is 0. The van der Waals surface area contributed by atoms with Gasteiger partial charge >= 0.3 is 5.97 Å². The van der Waals surface area contributed by atoms with Gasteiger partial charge in [0.25, 0.3) is 0 Å². The van der Waals surface area contributed by atoms with Crippen molar-refractivity contribution in [2.75, 3.05) is 5.32 Å². The van der Waals surface area contributed by atoms with E-state index in [1.807, 2.05) is 0 Å². The molecule has 0 fully saturated rings. The van der Waals surface area contributed by atoms with E-state index in [1.54, 1.807) is 23.7 Å². The van der Waals surface area contributed by atoms with Crippen LogP contribution in [0.5, 0.6) is 0 Å². The molecular weight excluding hydrogens is 214 g/mol. The molecule has 6 heteroatoms. The summed E-state index contributed by atoms with van der Waals surface area (Å²) in [6.07, 6.45) is 0. The predicted molar refractivity (Wildman–Crippen MR) is 56.6 cm³/mol. The molecule has 0 spiro atoms. The molecule has 0 aliphatic rings. The molecule has 0 radical (unpaired) electrons. The quantitative estimate of drug-likeness (QED) is 0.828. The van der Waals surface area contributed by atoms with Crippen molar-refractivity contribution in [1.29, 1.82) is 0 Å². The Bertz CT molecular complexity index is 470. The fourth-order valence-electron chi connectivity index (χ4n) is 1.08. The molecule has 1 aromatic heterocycles. The van der Waals surface area contributed by atoms with Crippen LogP contribution in [0.3, 0.4) is 0 Å². The molecule has 2 aromatic rings. The van der Waals surface area contributed by atoms with Gasteiger partial charge in [-0.05, 0) is 18.2 Å². The number of benzene rings is 1. The Labute approximate surface area is 89.4 Å². The SMILES string of the molecule is O=C(O)c1cccc(Nc2nncs2)c1. The highest BCUT2D eigenvalue weighted by Gasteiger charge is 2.03. The lowest BCUT2D eigenvalue weighted by Crippen LogP contribution is -1.97. The first kappa shape index (κ1) is 9.60. The van der Waals surface area contributed by atoms with Gasteiger partial charge in [-0.3, -0.25) is 0 Å². The van der Waals surface area contributed by atoms with Crippen LogP contribution in [0.4, 0.5) is 10.8 Å². The Kier molecular flexibility index (Phi) is 2.59. The number of hydrogen-bond donors (Lipinski definition) is 2. The smallest absolute Gasteiger partial charge is 0.335 e. The average Bonchev–Trinajstić information content (AvgIpc) is 2.71. The summed E-state index contributed by atoms with van der Waals surface area (Å²) in [4.78, 5) is 10.7. The number of carboxylic acid groups (broad SMARTS) is 1. The van der Waals surface area contributed by atoms with Crippen molar-refractivity contribution in [2.24, 2.45) is 0 Å². The summed E-state index contributed by atoms with van der Waals surface area (Å²) >= 11 is 1.35. The van der Waals surface area contributed by atoms with Crippen molar-refractivity contribution in [3.05, 3.63) is 35.3 Å². The predicted octanol–water partition coefficient (Wildman–Crippen LogP) is 1.98. The number of hydrogen-bond acceptors (Lipinski definition) is 5. The summed E-state index contributed by atoms with van der Waals surface area (Å²) in [5.41, 5.74) is 2.53. The van der Waals surface area contributed by atoms with Crippen LogP contribution >= 0.6 is 11.3 Å². The fourth-order valence-corrected chi connectivity index (χ4v) is 1.55. The average molecular weight is 221 g/mol. The van der Waals surface area contributed by atoms with E-state index in [-0.39, 0.29) is 5.56 Å². The number of aromatic nitrogens is 2. The van der Waals surface area contributed by atoms with Crippen molar-refractivity contribution in [3.8, 4) is 0 Å². The lowest BCUT2D eigenvalue weighted by atomic mass is 10.2. The summed E-state index contributed by atoms with van der Waals surface area (Å²) in [6, 6.07) is 6.53. The van der Waals surface area contributed by atoms with Crippen molar-refractivity contribution in [2.45, 2.75) is 0 Å². The minimum atomic E-state index is -0.948. The molecule has 0 aliphatic heterocycles. The number of carbonyl (C=O) groups is 1. The highest BCUT2D eigenvalue weighted by Crippen LogP contribution is 2.18. The van der Waals surface area contributed by atoms with Gasteiger partial charge in [-0.25, -0.2) is 4.79 Å². The molecular formula is C9H7N3O2S. The molecule has 0 bridgehead atoms. The largest absolute Gasteiger partial charge is 0.478 e. The van der Waals surface area contributed by atoms with E-state index < -0.39 is 5.97 Å². The third-order valence-corrected chi connectivity index (χ3v) is 2.33. The van der Waals surface area contributed by atoms with Gasteiger partial charge < -0.3 is 10.4 Å². The van der Waals surface area contributed by atoms with E-state index in [2.05, 4.69) is 15.5 Å². The van der Waals surface area contributed by atoms with Crippen LogP contribution in [0.15, 0.2) is 29.8 Å². The number of nitrogens with zero attached hydrogens (tertiary/aromatic N) is 2. The highest BCUT2D eigenvalue weighted by molar-refractivity contribution is 7.13. The van der Waals surface area contributed by atoms with E-state index in [0.717, 1.165) is 0 Å². The molecule has 0 saturated carbocycles. The first-order valence-corrected chi connectivity index (χ1v) is 5.00. The first-order chi connectivity index (χ1) is 7.25. The molecule has 0 atom stereocenters. The van der Waals surface area contributed by atoms with Gasteiger partial charge in [0.2, 0.25) is 5.13 Å². The minimum absolute atomic E-state index is 0.240. The van der Waals surface area contributed by atoms with Crippen LogP contribution in [0.2, 0.25) is 0 Å². The van der Waals surface area contributed by atoms with E-state index in [0.29, 0.717) is 10.8 Å². The van der Waals surface area contributed by atoms with Crippen molar-refractivity contribution in [1.82, 2.24) is 10.2 Å². The molecule has 0 saturated heterocycles. The molecule has 2 rings (SSSR count). The van der Waals surface area contributed by atoms with Crippen molar-refractivity contribution >= 4 is 28.1 Å². The number of aromatic carboxylic acids is 1. The maximum Gasteiger partial charge on any atom is 0.335 e. The van der Waals surface area contributed by atoms with E-state index in [4.69, 9.17) is 5.11 Å². The number of anilines is 2. The van der Waals surface area contributed by atoms with E-state index >= 15 is 0 Å². The van der Waals surface area contributed by atoms with Gasteiger partial charge in [-0.2, -0.15) is 0 Å². The zero-order valence-corrected chi connectivity index (χ0v) is 8.36. The molecule has 0 unspecified atom stereocenters. The van der Waals surface area contributed by atoms with Crippen LogP contribution < -0.4 is 5.32 Å². The second-order valence-electron chi connectivity index (χ2n) is 2.75. The molecule has 15 heavy (non-hydrogen) atoms. The second kappa shape index (κ2) is 4.05. The van der Waals surface area contributed by atoms with Gasteiger partial charge in [0.1, 0.15) is 5.51 Å². The van der Waals surface area contributed by atoms with Crippen LogP contribution in [-0.2, 0) is 0 Å². The Balaban J connectivity index is 2.22. The van der Waals surface area contributed by atoms with Gasteiger partial charge in [0.05, 0.1) is 5.56 Å². The maximum atomic E-state index is 10.7. The zero-order chi connectivity index (χ0) is 10.7. The Morgan fingerprint density at radius 3 is 3.00 bits per heavy atom. The summed E-state index contributed by atoms with van der Waals surface area (Å²) in [5, 5.41) is 19.8. The number of carboxylic acids is 1. The van der Waals surface area contributed by atoms with E-state index in [1.165, 1.54) is 17.4 Å². The third-order valence-electron chi connectivity index (χ3n) is 1.72. The monoisotopic (exact) mass is 221 g/mol. The van der Waals surface area contributed by atoms with Crippen molar-refractivity contribution in [3.63, 3.8) is 0 Å². The Morgan fingerprint density at radius 2 is 2.33 bits per heavy atom. The molecule has 1 heterocycles. The number of rotatable bonds is 3. The topological polar surface area (TPSA) is 75.1 Å². The molecule has 1 aromatic carbocycles. The number of nitrogens with one attached hydrogen (secondary N) is 1. The van der Waals surface area contributed by atoms with E-state index in [9.17, 15) is 4.79 Å². The Morgan fingerprint density at radius 1 is 1.47 bits per heavy atom. The summed E-state index contributed by atoms with van der Waals surface area (Å²) in [6.45, 7) is 0. The lowest BCUT2D eigenvalue weighted by molar-refractivity contribution is 0.0697. The van der Waals surface area contributed by atoms with Crippen LogP contribution in [-0.4, -0.2) is 21.3 Å². The Hall–Kier alpha value is -1.95. The van der Waals surface area contributed by atoms with Gasteiger partial charge in [0.15, 0.2) is 0 Å². The minimum Gasteiger partial charge on any atom is -0.478 e.